The van der Waals surface area contributed by atoms with Crippen LogP contribution < -0.4 is 26.2 Å². The highest BCUT2D eigenvalue weighted by atomic mass is 15.2. The molecule has 0 N–H and O–H groups in total. The predicted molar refractivity (Wildman–Crippen MR) is 384 cm³/mol. The molecule has 0 unspecified atom stereocenters. The predicted octanol–water partition coefficient (Wildman–Crippen LogP) is 21.1. The molecule has 5 heteroatoms. The highest BCUT2D eigenvalue weighted by Crippen LogP contribution is 2.52. The monoisotopic (exact) mass is 1150 g/mol. The van der Waals surface area contributed by atoms with E-state index in [2.05, 4.69) is 339 Å². The van der Waals surface area contributed by atoms with E-state index in [9.17, 15) is 0 Å². The highest BCUT2D eigenvalue weighted by Gasteiger charge is 2.45. The first-order chi connectivity index (χ1) is 42.7. The first kappa shape index (κ1) is 54.8. The maximum atomic E-state index is 2.69. The van der Waals surface area contributed by atoms with Gasteiger partial charge in [-0.15, -0.1) is 0 Å². The molecular weight excluding hydrogens is 1080 g/mol. The number of para-hydroxylation sites is 3. The Morgan fingerprint density at radius 2 is 0.719 bits per heavy atom. The van der Waals surface area contributed by atoms with Gasteiger partial charge in [-0.2, -0.15) is 0 Å². The minimum Gasteiger partial charge on any atom is -0.311 e. The van der Waals surface area contributed by atoms with Crippen LogP contribution in [-0.4, -0.2) is 15.8 Å². The molecule has 0 spiro atoms. The molecule has 16 rings (SSSR count). The van der Waals surface area contributed by atoms with Crippen LogP contribution in [0.2, 0.25) is 0 Å². The molecule has 4 heterocycles. The van der Waals surface area contributed by atoms with Gasteiger partial charge in [0.2, 0.25) is 0 Å². The fourth-order valence-electron chi connectivity index (χ4n) is 14.9. The van der Waals surface area contributed by atoms with Gasteiger partial charge < -0.3 is 18.9 Å². The summed E-state index contributed by atoms with van der Waals surface area (Å²) in [5, 5.41) is 9.86. The Bertz CT molecular complexity index is 4990. The molecule has 0 amide bonds. The van der Waals surface area contributed by atoms with Crippen LogP contribution in [0.5, 0.6) is 0 Å². The van der Waals surface area contributed by atoms with E-state index in [1.54, 1.807) is 0 Å². The van der Waals surface area contributed by atoms with E-state index in [-0.39, 0.29) is 28.4 Å². The zero-order valence-electron chi connectivity index (χ0n) is 53.4. The third kappa shape index (κ3) is 8.55. The molecule has 2 aliphatic rings. The fraction of sp³-hybridized carbons (Fsp3) is 0.190. The second kappa shape index (κ2) is 19.5. The molecule has 4 nitrogen and oxygen atoms in total. The smallest absolute Gasteiger partial charge is 0.252 e. The van der Waals surface area contributed by atoms with Gasteiger partial charge >= 0.3 is 0 Å². The van der Waals surface area contributed by atoms with Gasteiger partial charge in [0, 0.05) is 77.8 Å². The molecule has 0 bridgehead atoms. The molecular formula is C84H75BN4. The van der Waals surface area contributed by atoms with Crippen LogP contribution in [0.25, 0.3) is 87.7 Å². The fourth-order valence-corrected chi connectivity index (χ4v) is 14.9. The molecule has 0 fully saturated rings. The van der Waals surface area contributed by atoms with E-state index in [0.29, 0.717) is 0 Å². The Morgan fingerprint density at radius 1 is 0.292 bits per heavy atom. The van der Waals surface area contributed by atoms with Crippen molar-refractivity contribution < 1.29 is 0 Å². The van der Waals surface area contributed by atoms with Crippen LogP contribution in [-0.2, 0) is 21.7 Å². The van der Waals surface area contributed by atoms with Gasteiger partial charge in [0.05, 0.1) is 22.1 Å². The zero-order valence-corrected chi connectivity index (χ0v) is 53.4. The van der Waals surface area contributed by atoms with Crippen molar-refractivity contribution in [3.05, 3.63) is 259 Å². The molecule has 89 heavy (non-hydrogen) atoms. The third-order valence-corrected chi connectivity index (χ3v) is 19.6. The van der Waals surface area contributed by atoms with Gasteiger partial charge in [-0.1, -0.05) is 235 Å². The van der Waals surface area contributed by atoms with Crippen molar-refractivity contribution in [3.63, 3.8) is 0 Å². The lowest BCUT2D eigenvalue weighted by Crippen LogP contribution is -2.61. The minimum atomic E-state index is -0.118. The summed E-state index contributed by atoms with van der Waals surface area (Å²) in [5.41, 5.74) is 25.4. The SMILES string of the molecule is CC(C)(C)c1cc(N2c3cc(-c4ccc5c(c4)c4ccc6c(c7ccccc7n6-c6ccccc6)c4n5-c4ccccc4)cc4c3B(c3ccc5ccccc5c32)c2ccc3ccccc3c2N4c2cc(C(C)(C)C)cc(C(C)(C)C)c2)cc(C(C)(C)C)c1. The first-order valence-electron chi connectivity index (χ1n) is 31.9. The van der Waals surface area contributed by atoms with Gasteiger partial charge in [0.1, 0.15) is 0 Å². The molecule has 14 aromatic rings. The molecule has 0 saturated heterocycles. The van der Waals surface area contributed by atoms with E-state index in [1.807, 2.05) is 0 Å². The van der Waals surface area contributed by atoms with Crippen LogP contribution in [0.3, 0.4) is 0 Å². The number of hydrogen-bond acceptors (Lipinski definition) is 2. The summed E-state index contributed by atoms with van der Waals surface area (Å²) < 4.78 is 4.97. The van der Waals surface area contributed by atoms with Gasteiger partial charge in [-0.05, 0) is 167 Å². The Hall–Kier alpha value is -9.58. The number of aromatic nitrogens is 2. The minimum absolute atomic E-state index is 0.0896. The quantitative estimate of drug-likeness (QED) is 0.160. The summed E-state index contributed by atoms with van der Waals surface area (Å²) in [7, 11) is 0. The second-order valence-corrected chi connectivity index (χ2v) is 29.5. The van der Waals surface area contributed by atoms with Crippen LogP contribution in [0, 0.1) is 0 Å². The van der Waals surface area contributed by atoms with Gasteiger partial charge in [-0.25, -0.2) is 0 Å². The summed E-state index contributed by atoms with van der Waals surface area (Å²) in [4.78, 5) is 5.38. The van der Waals surface area contributed by atoms with Crippen molar-refractivity contribution in [1.82, 2.24) is 9.13 Å². The molecule has 0 atom stereocenters. The molecule has 0 saturated carbocycles. The maximum Gasteiger partial charge on any atom is 0.252 e. The lowest BCUT2D eigenvalue weighted by atomic mass is 9.33. The number of hydrogen-bond donors (Lipinski definition) is 0. The zero-order chi connectivity index (χ0) is 61.2. The Morgan fingerprint density at radius 3 is 1.21 bits per heavy atom. The molecule has 0 radical (unpaired) electrons. The van der Waals surface area contributed by atoms with Gasteiger partial charge in [0.25, 0.3) is 6.71 Å². The summed E-state index contributed by atoms with van der Waals surface area (Å²) in [5.74, 6) is 0. The maximum absolute atomic E-state index is 2.69. The van der Waals surface area contributed by atoms with Gasteiger partial charge in [-0.3, -0.25) is 0 Å². The van der Waals surface area contributed by atoms with Crippen LogP contribution in [0.4, 0.5) is 34.1 Å². The number of fused-ring (bicyclic) bond motifs is 15. The van der Waals surface area contributed by atoms with Crippen LogP contribution in [0.15, 0.2) is 237 Å². The standard InChI is InChI=1S/C84H75BN4/c1-81(2,3)56-46-57(82(4,5)6)49-62(48-56)88-74-44-55(54-37-41-72-68(43-54)66-38-42-73-76(80(66)87(72)61-29-17-14-18-30-61)67-33-23-24-34-71(67)86(73)60-27-15-13-16-28-60)45-75-77(74)85(69-39-35-52-25-19-21-31-64(52)78(69)88)70-40-36-53-26-20-22-32-65(53)79(70)89(75)63-50-58(83(7,8)9)47-59(51-63)84(10,11)12/h13-51H,1-12H3. The summed E-state index contributed by atoms with van der Waals surface area (Å²) in [6.07, 6.45) is 0. The Kier molecular flexibility index (Phi) is 12.0. The number of nitrogens with zero attached hydrogens (tertiary/aromatic N) is 4. The third-order valence-electron chi connectivity index (χ3n) is 19.6. The Labute approximate surface area is 524 Å². The molecule has 12 aromatic carbocycles. The van der Waals surface area contributed by atoms with Crippen LogP contribution >= 0.6 is 0 Å². The van der Waals surface area contributed by atoms with Crippen molar-refractivity contribution in [2.45, 2.75) is 105 Å². The van der Waals surface area contributed by atoms with Crippen LogP contribution in [0.1, 0.15) is 105 Å². The first-order valence-corrected chi connectivity index (χ1v) is 31.9. The number of benzene rings is 12. The number of rotatable bonds is 5. The van der Waals surface area contributed by atoms with Crippen molar-refractivity contribution >= 4 is 122 Å². The number of anilines is 6. The Balaban J connectivity index is 1.06. The van der Waals surface area contributed by atoms with E-state index in [1.165, 1.54) is 138 Å². The highest BCUT2D eigenvalue weighted by molar-refractivity contribution is 7.00. The molecule has 0 aliphatic carbocycles. The molecule has 2 aromatic heterocycles. The second-order valence-electron chi connectivity index (χ2n) is 29.5. The largest absolute Gasteiger partial charge is 0.311 e. The van der Waals surface area contributed by atoms with E-state index >= 15 is 0 Å². The van der Waals surface area contributed by atoms with Gasteiger partial charge in [0.15, 0.2) is 0 Å². The van der Waals surface area contributed by atoms with Crippen molar-refractivity contribution in [1.29, 1.82) is 0 Å². The normalized spacial score (nSPS) is 13.6. The van der Waals surface area contributed by atoms with Crippen molar-refractivity contribution in [2.75, 3.05) is 9.80 Å². The lowest BCUT2D eigenvalue weighted by molar-refractivity contribution is 0.568. The average molecular weight is 1150 g/mol. The van der Waals surface area contributed by atoms with E-state index in [4.69, 9.17) is 0 Å². The average Bonchev–Trinajstić information content (AvgIpc) is 1.06. The van der Waals surface area contributed by atoms with E-state index < -0.39 is 0 Å². The molecule has 2 aliphatic heterocycles. The molecule has 434 valence electrons. The summed E-state index contributed by atoms with van der Waals surface area (Å²) in [6, 6.07) is 90.8. The topological polar surface area (TPSA) is 16.3 Å². The summed E-state index contributed by atoms with van der Waals surface area (Å²) >= 11 is 0. The van der Waals surface area contributed by atoms with Crippen molar-refractivity contribution in [2.24, 2.45) is 0 Å². The van der Waals surface area contributed by atoms with Crippen molar-refractivity contribution in [3.8, 4) is 22.5 Å². The summed E-state index contributed by atoms with van der Waals surface area (Å²) in [6.45, 7) is 28.3. The lowest BCUT2D eigenvalue weighted by Gasteiger charge is -2.46. The van der Waals surface area contributed by atoms with E-state index in [0.717, 1.165) is 22.5 Å².